The maximum atomic E-state index is 11.6. The summed E-state index contributed by atoms with van der Waals surface area (Å²) in [5, 5.41) is 3.33. The molecule has 0 aromatic carbocycles. The number of aryl methyl sites for hydroxylation is 1. The molecule has 0 N–H and O–H groups in total. The molecule has 4 heteroatoms. The van der Waals surface area contributed by atoms with Gasteiger partial charge >= 0.3 is 6.55 Å². The quantitative estimate of drug-likeness (QED) is 0.563. The molecule has 0 saturated carbocycles. The summed E-state index contributed by atoms with van der Waals surface area (Å²) in [4.78, 5) is 0. The number of halogens is 2. The van der Waals surface area contributed by atoms with Crippen LogP contribution < -0.4 is 0 Å². The van der Waals surface area contributed by atoms with Gasteiger partial charge in [-0.15, -0.1) is 0 Å². The van der Waals surface area contributed by atoms with Crippen LogP contribution in [-0.4, -0.2) is 9.78 Å². The summed E-state index contributed by atoms with van der Waals surface area (Å²) in [6, 6.07) is 0. The molecule has 0 aliphatic carbocycles. The Morgan fingerprint density at radius 2 is 2.44 bits per heavy atom. The van der Waals surface area contributed by atoms with Gasteiger partial charge in [-0.25, -0.2) is 4.68 Å². The standard InChI is InChI=1S/C5H5F2N2/c1-4-2-8-9(3-4)5(6)7/h2,5H,1H3. The van der Waals surface area contributed by atoms with Gasteiger partial charge in [0.05, 0.1) is 12.4 Å². The van der Waals surface area contributed by atoms with Crippen LogP contribution in [0.25, 0.3) is 0 Å². The van der Waals surface area contributed by atoms with E-state index >= 15 is 0 Å². The van der Waals surface area contributed by atoms with Crippen LogP contribution in [0.15, 0.2) is 6.20 Å². The first-order valence-corrected chi connectivity index (χ1v) is 2.42. The second kappa shape index (κ2) is 2.13. The lowest BCUT2D eigenvalue weighted by molar-refractivity contribution is 0.0556. The van der Waals surface area contributed by atoms with Gasteiger partial charge in [-0.3, -0.25) is 0 Å². The maximum absolute atomic E-state index is 11.6. The van der Waals surface area contributed by atoms with Crippen molar-refractivity contribution in [2.24, 2.45) is 0 Å². The van der Waals surface area contributed by atoms with Gasteiger partial charge in [0.1, 0.15) is 0 Å². The summed E-state index contributed by atoms with van der Waals surface area (Å²) in [6.07, 6.45) is 3.67. The average molecular weight is 131 g/mol. The highest BCUT2D eigenvalue weighted by molar-refractivity contribution is 4.97. The minimum Gasteiger partial charge on any atom is -0.202 e. The van der Waals surface area contributed by atoms with Crippen LogP contribution in [0.4, 0.5) is 8.78 Å². The minimum absolute atomic E-state index is 0.495. The Bertz CT molecular complexity index is 195. The number of hydrogen-bond donors (Lipinski definition) is 0. The van der Waals surface area contributed by atoms with Crippen LogP contribution in [0.3, 0.4) is 0 Å². The van der Waals surface area contributed by atoms with Crippen LogP contribution in [0.1, 0.15) is 12.1 Å². The summed E-state index contributed by atoms with van der Waals surface area (Å²) >= 11 is 0. The number of nitrogens with zero attached hydrogens (tertiary/aromatic N) is 2. The lowest BCUT2D eigenvalue weighted by atomic mass is 10.4. The molecule has 1 heterocycles. The Morgan fingerprint density at radius 3 is 2.67 bits per heavy atom. The summed E-state index contributed by atoms with van der Waals surface area (Å²) in [6.45, 7) is -0.912. The number of aromatic nitrogens is 2. The molecule has 9 heavy (non-hydrogen) atoms. The van der Waals surface area contributed by atoms with Crippen molar-refractivity contribution in [1.82, 2.24) is 9.78 Å². The molecule has 1 aromatic heterocycles. The van der Waals surface area contributed by atoms with E-state index < -0.39 is 6.55 Å². The van der Waals surface area contributed by atoms with E-state index in [-0.39, 0.29) is 0 Å². The molecule has 1 rings (SSSR count). The highest BCUT2D eigenvalue weighted by Crippen LogP contribution is 2.07. The zero-order valence-electron chi connectivity index (χ0n) is 4.81. The summed E-state index contributed by atoms with van der Waals surface area (Å²) < 4.78 is 23.8. The molecule has 1 aromatic rings. The average Bonchev–Trinajstić information content (AvgIpc) is 2.14. The van der Waals surface area contributed by atoms with Gasteiger partial charge in [0.25, 0.3) is 0 Å². The van der Waals surface area contributed by atoms with Crippen molar-refractivity contribution in [2.75, 3.05) is 0 Å². The van der Waals surface area contributed by atoms with Gasteiger partial charge in [0, 0.05) is 0 Å². The van der Waals surface area contributed by atoms with Crippen LogP contribution >= 0.6 is 0 Å². The predicted molar refractivity (Wildman–Crippen MR) is 27.1 cm³/mol. The molecule has 0 saturated heterocycles. The third kappa shape index (κ3) is 1.25. The normalized spacial score (nSPS) is 10.7. The third-order valence-electron chi connectivity index (χ3n) is 0.852. The molecule has 0 amide bonds. The fraction of sp³-hybridized carbons (Fsp3) is 0.400. The van der Waals surface area contributed by atoms with E-state index in [1.807, 2.05) is 0 Å². The Labute approximate surface area is 51.1 Å². The zero-order valence-corrected chi connectivity index (χ0v) is 4.81. The molecule has 0 aliphatic rings. The molecule has 0 aliphatic heterocycles. The first kappa shape index (κ1) is 6.19. The number of hydrogen-bond acceptors (Lipinski definition) is 1. The van der Waals surface area contributed by atoms with Crippen molar-refractivity contribution < 1.29 is 8.78 Å². The van der Waals surface area contributed by atoms with E-state index in [0.29, 0.717) is 10.2 Å². The van der Waals surface area contributed by atoms with Gasteiger partial charge in [-0.2, -0.15) is 13.9 Å². The Morgan fingerprint density at radius 1 is 1.78 bits per heavy atom. The summed E-state index contributed by atoms with van der Waals surface area (Å²) in [5.74, 6) is 0. The van der Waals surface area contributed by atoms with Crippen molar-refractivity contribution in [2.45, 2.75) is 13.5 Å². The first-order chi connectivity index (χ1) is 4.20. The highest BCUT2D eigenvalue weighted by Gasteiger charge is 2.04. The second-order valence-corrected chi connectivity index (χ2v) is 1.66. The van der Waals surface area contributed by atoms with Crippen LogP contribution in [0.5, 0.6) is 0 Å². The van der Waals surface area contributed by atoms with Crippen molar-refractivity contribution >= 4 is 0 Å². The van der Waals surface area contributed by atoms with E-state index in [1.54, 1.807) is 6.92 Å². The predicted octanol–water partition coefficient (Wildman–Crippen LogP) is 1.39. The molecule has 0 unspecified atom stereocenters. The fourth-order valence-electron chi connectivity index (χ4n) is 0.486. The van der Waals surface area contributed by atoms with Gasteiger partial charge < -0.3 is 0 Å². The van der Waals surface area contributed by atoms with Crippen molar-refractivity contribution in [3.8, 4) is 0 Å². The van der Waals surface area contributed by atoms with Gasteiger partial charge in [-0.1, -0.05) is 0 Å². The van der Waals surface area contributed by atoms with Crippen molar-refractivity contribution in [3.05, 3.63) is 18.0 Å². The zero-order chi connectivity index (χ0) is 6.85. The maximum Gasteiger partial charge on any atom is 0.333 e. The lowest BCUT2D eigenvalue weighted by Gasteiger charge is -1.93. The van der Waals surface area contributed by atoms with Crippen LogP contribution in [0.2, 0.25) is 0 Å². The molecule has 0 bridgehead atoms. The van der Waals surface area contributed by atoms with E-state index in [9.17, 15) is 8.78 Å². The Hall–Kier alpha value is -0.930. The smallest absolute Gasteiger partial charge is 0.202 e. The van der Waals surface area contributed by atoms with Crippen LogP contribution in [0, 0.1) is 13.1 Å². The minimum atomic E-state index is -2.57. The third-order valence-corrected chi connectivity index (χ3v) is 0.852. The highest BCUT2D eigenvalue weighted by atomic mass is 19.3. The Kier molecular flexibility index (Phi) is 1.46. The number of rotatable bonds is 1. The van der Waals surface area contributed by atoms with Crippen LogP contribution in [-0.2, 0) is 0 Å². The molecule has 0 fully saturated rings. The van der Waals surface area contributed by atoms with E-state index in [2.05, 4.69) is 11.3 Å². The largest absolute Gasteiger partial charge is 0.333 e. The molecule has 1 radical (unpaired) electrons. The van der Waals surface area contributed by atoms with Gasteiger partial charge in [0.2, 0.25) is 0 Å². The molecule has 49 valence electrons. The van der Waals surface area contributed by atoms with Gasteiger partial charge in [-0.05, 0) is 12.5 Å². The molecule has 0 spiro atoms. The molecule has 2 nitrogen and oxygen atoms in total. The summed E-state index contributed by atoms with van der Waals surface area (Å²) in [7, 11) is 0. The lowest BCUT2D eigenvalue weighted by Crippen LogP contribution is -1.97. The fourth-order valence-corrected chi connectivity index (χ4v) is 0.486. The summed E-state index contributed by atoms with van der Waals surface area (Å²) in [5.41, 5.74) is 0.621. The number of alkyl halides is 2. The molecular weight excluding hydrogens is 126 g/mol. The molecular formula is C5H5F2N2. The second-order valence-electron chi connectivity index (χ2n) is 1.66. The van der Waals surface area contributed by atoms with Crippen molar-refractivity contribution in [3.63, 3.8) is 0 Å². The topological polar surface area (TPSA) is 17.8 Å². The van der Waals surface area contributed by atoms with E-state index in [0.717, 1.165) is 0 Å². The first-order valence-electron chi connectivity index (χ1n) is 2.42. The monoisotopic (exact) mass is 131 g/mol. The van der Waals surface area contributed by atoms with E-state index in [4.69, 9.17) is 0 Å². The van der Waals surface area contributed by atoms with Gasteiger partial charge in [0.15, 0.2) is 0 Å². The Balaban J connectivity index is 2.85. The SMILES string of the molecule is Cc1[c]n(C(F)F)nc1. The van der Waals surface area contributed by atoms with Crippen molar-refractivity contribution in [1.29, 1.82) is 0 Å². The van der Waals surface area contributed by atoms with E-state index in [1.165, 1.54) is 6.20 Å². The molecule has 0 atom stereocenters.